The van der Waals surface area contributed by atoms with Gasteiger partial charge in [-0.15, -0.1) is 0 Å². The van der Waals surface area contributed by atoms with E-state index in [-0.39, 0.29) is 0 Å². The fraction of sp³-hybridized carbons (Fsp3) is 1.00. The molecule has 0 amide bonds. The lowest BCUT2D eigenvalue weighted by Gasteiger charge is -2.34. The highest BCUT2D eigenvalue weighted by atomic mass is 16.6. The van der Waals surface area contributed by atoms with Crippen molar-refractivity contribution in [2.75, 3.05) is 39.5 Å². The van der Waals surface area contributed by atoms with Crippen molar-refractivity contribution in [3.63, 3.8) is 0 Å². The second kappa shape index (κ2) is 5.69. The molecular formula is C16H26N2O4. The van der Waals surface area contributed by atoms with Crippen molar-refractivity contribution in [1.29, 1.82) is 0 Å². The summed E-state index contributed by atoms with van der Waals surface area (Å²) in [6.07, 6.45) is 6.73. The predicted molar refractivity (Wildman–Crippen MR) is 77.8 cm³/mol. The van der Waals surface area contributed by atoms with Crippen LogP contribution in [0.15, 0.2) is 0 Å². The van der Waals surface area contributed by atoms with Crippen LogP contribution in [0.3, 0.4) is 0 Å². The van der Waals surface area contributed by atoms with Gasteiger partial charge in [-0.3, -0.25) is 0 Å². The Morgan fingerprint density at radius 3 is 1.32 bits per heavy atom. The average Bonchev–Trinajstić information content (AvgIpc) is 3.40. The van der Waals surface area contributed by atoms with Crippen LogP contribution in [0, 0.1) is 11.8 Å². The molecule has 1 aliphatic carbocycles. The summed E-state index contributed by atoms with van der Waals surface area (Å²) in [5, 5.41) is 0. The molecule has 0 bridgehead atoms. The molecule has 4 heterocycles. The maximum atomic E-state index is 5.49. The number of hydrogen-bond donors (Lipinski definition) is 0. The fourth-order valence-electron chi connectivity index (χ4n) is 4.11. The number of rotatable bonds is 8. The lowest BCUT2D eigenvalue weighted by atomic mass is 9.81. The molecule has 0 aromatic heterocycles. The quantitative estimate of drug-likeness (QED) is 0.619. The molecule has 0 radical (unpaired) electrons. The molecule has 5 rings (SSSR count). The van der Waals surface area contributed by atoms with Gasteiger partial charge in [0.2, 0.25) is 0 Å². The van der Waals surface area contributed by atoms with E-state index in [0.717, 1.165) is 51.4 Å². The third kappa shape index (κ3) is 3.32. The monoisotopic (exact) mass is 310 g/mol. The number of epoxide rings is 4. The van der Waals surface area contributed by atoms with E-state index < -0.39 is 0 Å². The number of ether oxygens (including phenoxy) is 4. The Kier molecular flexibility index (Phi) is 3.65. The summed E-state index contributed by atoms with van der Waals surface area (Å²) in [5.74, 6) is 1.57. The van der Waals surface area contributed by atoms with Gasteiger partial charge in [-0.05, 0) is 31.1 Å². The third-order valence-corrected chi connectivity index (χ3v) is 5.57. The van der Waals surface area contributed by atoms with Gasteiger partial charge in [0.15, 0.2) is 0 Å². The first-order valence-electron chi connectivity index (χ1n) is 8.85. The van der Waals surface area contributed by atoms with E-state index in [2.05, 4.69) is 9.80 Å². The second-order valence-electron chi connectivity index (χ2n) is 7.44. The normalized spacial score (nSPS) is 46.1. The van der Waals surface area contributed by atoms with Gasteiger partial charge in [-0.25, -0.2) is 9.80 Å². The Labute approximate surface area is 131 Å². The van der Waals surface area contributed by atoms with Crippen molar-refractivity contribution in [1.82, 2.24) is 9.80 Å². The highest BCUT2D eigenvalue weighted by molar-refractivity contribution is 4.87. The molecule has 4 aliphatic heterocycles. The molecule has 6 unspecified atom stereocenters. The summed E-state index contributed by atoms with van der Waals surface area (Å²) in [6, 6.07) is 0. The molecular weight excluding hydrogens is 284 g/mol. The highest BCUT2D eigenvalue weighted by Gasteiger charge is 2.45. The first kappa shape index (κ1) is 14.1. The van der Waals surface area contributed by atoms with Gasteiger partial charge in [-0.2, -0.15) is 0 Å². The van der Waals surface area contributed by atoms with Crippen LogP contribution < -0.4 is 0 Å². The van der Waals surface area contributed by atoms with E-state index in [1.165, 1.54) is 25.7 Å². The SMILES string of the molecule is C1CC(CN(C2CO2)C2CO2)CC(CN(C2CO2)C2CO2)C1. The van der Waals surface area contributed by atoms with E-state index in [1.54, 1.807) is 0 Å². The lowest BCUT2D eigenvalue weighted by molar-refractivity contribution is 0.0568. The second-order valence-corrected chi connectivity index (χ2v) is 7.44. The van der Waals surface area contributed by atoms with E-state index in [4.69, 9.17) is 18.9 Å². The Morgan fingerprint density at radius 2 is 1.00 bits per heavy atom. The van der Waals surface area contributed by atoms with Crippen LogP contribution in [0.5, 0.6) is 0 Å². The van der Waals surface area contributed by atoms with Crippen LogP contribution in [0.25, 0.3) is 0 Å². The van der Waals surface area contributed by atoms with Crippen LogP contribution in [-0.2, 0) is 18.9 Å². The molecule has 0 aromatic rings. The largest absolute Gasteiger partial charge is 0.356 e. The van der Waals surface area contributed by atoms with Crippen LogP contribution in [0.1, 0.15) is 25.7 Å². The zero-order chi connectivity index (χ0) is 14.5. The third-order valence-electron chi connectivity index (χ3n) is 5.57. The Balaban J connectivity index is 1.15. The molecule has 0 spiro atoms. The average molecular weight is 310 g/mol. The van der Waals surface area contributed by atoms with Gasteiger partial charge in [0.25, 0.3) is 0 Å². The maximum absolute atomic E-state index is 5.49. The van der Waals surface area contributed by atoms with Crippen LogP contribution in [0.4, 0.5) is 0 Å². The topological polar surface area (TPSA) is 56.6 Å². The predicted octanol–water partition coefficient (Wildman–Crippen LogP) is 0.822. The Morgan fingerprint density at radius 1 is 0.636 bits per heavy atom. The van der Waals surface area contributed by atoms with Crippen molar-refractivity contribution in [3.05, 3.63) is 0 Å². The molecule has 4 saturated heterocycles. The molecule has 124 valence electrons. The summed E-state index contributed by atoms with van der Waals surface area (Å²) in [5.41, 5.74) is 0. The number of nitrogens with zero attached hydrogens (tertiary/aromatic N) is 2. The summed E-state index contributed by atoms with van der Waals surface area (Å²) in [6.45, 7) is 5.85. The van der Waals surface area contributed by atoms with Crippen molar-refractivity contribution in [2.24, 2.45) is 11.8 Å². The lowest BCUT2D eigenvalue weighted by Crippen LogP contribution is -2.40. The molecule has 5 fully saturated rings. The van der Waals surface area contributed by atoms with Gasteiger partial charge in [0.05, 0.1) is 26.4 Å². The summed E-state index contributed by atoms with van der Waals surface area (Å²) < 4.78 is 22.0. The van der Waals surface area contributed by atoms with E-state index >= 15 is 0 Å². The van der Waals surface area contributed by atoms with Crippen molar-refractivity contribution in [3.8, 4) is 0 Å². The standard InChI is InChI=1S/C16H26N2O4/c1-2-11(5-17(13-7-19-13)14-8-20-14)4-12(3-1)6-18(15-9-21-15)16-10-22-16/h11-16H,1-10H2. The first-order valence-corrected chi connectivity index (χ1v) is 8.85. The Hall–Kier alpha value is -0.240. The minimum absolute atomic E-state index is 0.337. The van der Waals surface area contributed by atoms with E-state index in [1.807, 2.05) is 0 Å². The molecule has 6 nitrogen and oxygen atoms in total. The molecule has 5 aliphatic rings. The summed E-state index contributed by atoms with van der Waals surface area (Å²) >= 11 is 0. The molecule has 6 atom stereocenters. The van der Waals surface area contributed by atoms with E-state index in [9.17, 15) is 0 Å². The zero-order valence-corrected chi connectivity index (χ0v) is 13.1. The van der Waals surface area contributed by atoms with Gasteiger partial charge >= 0.3 is 0 Å². The molecule has 0 N–H and O–H groups in total. The van der Waals surface area contributed by atoms with E-state index in [0.29, 0.717) is 24.9 Å². The Bertz CT molecular complexity index is 347. The fourth-order valence-corrected chi connectivity index (χ4v) is 4.11. The van der Waals surface area contributed by atoms with Crippen molar-refractivity contribution in [2.45, 2.75) is 50.6 Å². The van der Waals surface area contributed by atoms with Gasteiger partial charge in [0.1, 0.15) is 24.9 Å². The molecule has 0 aromatic carbocycles. The van der Waals surface area contributed by atoms with Crippen LogP contribution >= 0.6 is 0 Å². The van der Waals surface area contributed by atoms with Crippen molar-refractivity contribution >= 4 is 0 Å². The van der Waals surface area contributed by atoms with Gasteiger partial charge in [0, 0.05) is 13.1 Å². The first-order chi connectivity index (χ1) is 10.9. The molecule has 22 heavy (non-hydrogen) atoms. The van der Waals surface area contributed by atoms with Crippen molar-refractivity contribution < 1.29 is 18.9 Å². The van der Waals surface area contributed by atoms with Gasteiger partial charge < -0.3 is 18.9 Å². The summed E-state index contributed by atoms with van der Waals surface area (Å²) in [4.78, 5) is 4.89. The number of hydrogen-bond acceptors (Lipinski definition) is 6. The molecule has 1 saturated carbocycles. The van der Waals surface area contributed by atoms with Crippen LogP contribution in [0.2, 0.25) is 0 Å². The highest BCUT2D eigenvalue weighted by Crippen LogP contribution is 2.36. The molecule has 6 heteroatoms. The minimum atomic E-state index is 0.337. The smallest absolute Gasteiger partial charge is 0.136 e. The maximum Gasteiger partial charge on any atom is 0.136 e. The van der Waals surface area contributed by atoms with Crippen LogP contribution in [-0.4, -0.2) is 74.2 Å². The van der Waals surface area contributed by atoms with Gasteiger partial charge in [-0.1, -0.05) is 6.42 Å². The zero-order valence-electron chi connectivity index (χ0n) is 13.1. The summed E-state index contributed by atoms with van der Waals surface area (Å²) in [7, 11) is 0. The minimum Gasteiger partial charge on any atom is -0.356 e.